The molecule has 3 heterocycles. The molecule has 10 nitrogen and oxygen atoms in total. The fourth-order valence-electron chi connectivity index (χ4n) is 7.97. The molecule has 0 atom stereocenters. The van der Waals surface area contributed by atoms with Gasteiger partial charge in [0, 0.05) is 24.2 Å². The second-order valence-electron chi connectivity index (χ2n) is 21.6. The third-order valence-electron chi connectivity index (χ3n) is 11.8. The highest BCUT2D eigenvalue weighted by molar-refractivity contribution is 7.92. The predicted octanol–water partition coefficient (Wildman–Crippen LogP) is 17.5. The number of sulfonamides is 2. The van der Waals surface area contributed by atoms with Crippen LogP contribution >= 0.6 is 0 Å². The van der Waals surface area contributed by atoms with E-state index in [4.69, 9.17) is 5.14 Å². The Hall–Kier alpha value is -8.83. The van der Waals surface area contributed by atoms with Crippen LogP contribution in [0.5, 0.6) is 0 Å². The van der Waals surface area contributed by atoms with Crippen LogP contribution in [0.3, 0.4) is 0 Å². The van der Waals surface area contributed by atoms with Crippen molar-refractivity contribution in [3.8, 4) is 0 Å². The van der Waals surface area contributed by atoms with Crippen molar-refractivity contribution in [1.29, 1.82) is 0 Å². The molecule has 0 amide bonds. The molecule has 3 N–H and O–H groups in total. The second kappa shape index (κ2) is 38.4. The minimum Gasteiger partial charge on any atom is -0.619 e. The number of aromatic nitrogens is 3. The molecular formula is C73H85F4N5O5S2. The Morgan fingerprint density at radius 3 is 1.06 bits per heavy atom. The summed E-state index contributed by atoms with van der Waals surface area (Å²) in [6, 6.07) is 52.1. The highest BCUT2D eigenvalue weighted by Gasteiger charge is 2.15. The zero-order valence-electron chi connectivity index (χ0n) is 53.9. The topological polar surface area (TPSA) is 159 Å². The van der Waals surface area contributed by atoms with Crippen LogP contribution in [0.15, 0.2) is 217 Å². The SMILES string of the molecule is Cc1cc(C)cc(F)c1.Cc1cc(C)cc(F)c1.Cc1cc(F)c[n+]([O-])c1.Cc1ccc(F)c(C)c1.Cc1cccc(C)c1.Cc1cccc(C)c1.Cc1cccc(S(=O)(=O)Nc2cc(C)ccn2)c1.Cc1cccc(S(N)(=O)=O)c1.Cc1cncc(C)c1. The van der Waals surface area contributed by atoms with Crippen LogP contribution < -0.4 is 14.6 Å². The van der Waals surface area contributed by atoms with Gasteiger partial charge in [-0.1, -0.05) is 131 Å². The lowest BCUT2D eigenvalue weighted by molar-refractivity contribution is -0.607. The number of primary sulfonamides is 1. The number of benzene rings is 7. The van der Waals surface area contributed by atoms with E-state index >= 15 is 0 Å². The third kappa shape index (κ3) is 34.3. The van der Waals surface area contributed by atoms with Crippen molar-refractivity contribution >= 4 is 25.9 Å². The first kappa shape index (κ1) is 76.3. The van der Waals surface area contributed by atoms with Crippen molar-refractivity contribution in [3.05, 3.63) is 324 Å². The molecule has 0 saturated carbocycles. The highest BCUT2D eigenvalue weighted by atomic mass is 32.2. The molecule has 0 bridgehead atoms. The number of halogens is 4. The van der Waals surface area contributed by atoms with E-state index in [1.54, 1.807) is 56.4 Å². The molecule has 7 aromatic carbocycles. The van der Waals surface area contributed by atoms with E-state index in [1.165, 1.54) is 88.1 Å². The maximum atomic E-state index is 12.5. The Bertz CT molecular complexity index is 3630. The first-order valence-corrected chi connectivity index (χ1v) is 31.2. The maximum Gasteiger partial charge on any atom is 0.263 e. The summed E-state index contributed by atoms with van der Waals surface area (Å²) in [5.41, 5.74) is 16.9. The van der Waals surface area contributed by atoms with Gasteiger partial charge in [0.1, 0.15) is 23.3 Å². The van der Waals surface area contributed by atoms with Crippen LogP contribution in [0.25, 0.3) is 0 Å². The zero-order chi connectivity index (χ0) is 67.0. The zero-order valence-corrected chi connectivity index (χ0v) is 55.6. The standard InChI is InChI=1S/C13H14N2O2S.3C8H9F.2C8H10.C7H9NO2S.C7H9N.C6H6FNO/c1-10-4-3-5-12(8-10)18(16,17)15-13-9-11(2)6-7-14-13;2*1-6-3-7(2)5-8(9)4-6;1-6-3-4-8(9)7(2)5-6;2*1-7-4-3-5-8(2)6-7;1-6-3-2-4-7(5-6)11(8,9)10;1-6-3-7(2)5-8-4-6;1-5-2-6(7)4-8(9)3-5/h3-9H,1-2H3,(H,14,15);3*3-5H,1-2H3;2*3-6H,1-2H3;2-5H,1H3,(H2,8,9,10);3-5H,1-2H3;2-4H,1H3. The molecule has 0 aliphatic rings. The maximum absolute atomic E-state index is 12.5. The van der Waals surface area contributed by atoms with Crippen molar-refractivity contribution in [2.24, 2.45) is 5.14 Å². The van der Waals surface area contributed by atoms with Gasteiger partial charge >= 0.3 is 0 Å². The molecule has 0 aliphatic heterocycles. The van der Waals surface area contributed by atoms with Gasteiger partial charge in [-0.05, 0) is 239 Å². The minimum atomic E-state index is -3.57. The summed E-state index contributed by atoms with van der Waals surface area (Å²) in [5, 5.41) is 15.3. The van der Waals surface area contributed by atoms with Crippen LogP contribution in [0.1, 0.15) is 89.0 Å². The van der Waals surface area contributed by atoms with Gasteiger partial charge in [0.05, 0.1) is 9.79 Å². The largest absolute Gasteiger partial charge is 0.619 e. The highest BCUT2D eigenvalue weighted by Crippen LogP contribution is 2.17. The normalized spacial score (nSPS) is 10.1. The Morgan fingerprint density at radius 2 is 0.742 bits per heavy atom. The summed E-state index contributed by atoms with van der Waals surface area (Å²) in [5.74, 6) is -0.581. The van der Waals surface area contributed by atoms with Gasteiger partial charge in [-0.15, -0.1) is 0 Å². The summed E-state index contributed by atoms with van der Waals surface area (Å²) in [7, 11) is -7.09. The molecule has 0 radical (unpaired) electrons. The number of hydrogen-bond acceptors (Lipinski definition) is 7. The number of nitrogens with zero attached hydrogens (tertiary/aromatic N) is 3. The third-order valence-corrected chi connectivity index (χ3v) is 14.0. The number of anilines is 1. The Morgan fingerprint density at radius 1 is 0.382 bits per heavy atom. The van der Waals surface area contributed by atoms with Crippen LogP contribution in [0.4, 0.5) is 23.4 Å². The number of rotatable bonds is 4. The molecule has 10 aromatic rings. The van der Waals surface area contributed by atoms with Crippen molar-refractivity contribution in [3.63, 3.8) is 0 Å². The fourth-order valence-corrected chi connectivity index (χ4v) is 9.69. The molecular weight excluding hydrogens is 1170 g/mol. The van der Waals surface area contributed by atoms with E-state index in [-0.39, 0.29) is 27.2 Å². The lowest BCUT2D eigenvalue weighted by Crippen LogP contribution is -2.25. The molecule has 0 fully saturated rings. The summed E-state index contributed by atoms with van der Waals surface area (Å²) >= 11 is 0. The van der Waals surface area contributed by atoms with Crippen LogP contribution in [0, 0.1) is 139 Å². The lowest BCUT2D eigenvalue weighted by atomic mass is 10.1. The monoisotopic (exact) mass is 1250 g/mol. The smallest absolute Gasteiger partial charge is 0.263 e. The molecule has 472 valence electrons. The molecule has 89 heavy (non-hydrogen) atoms. The van der Waals surface area contributed by atoms with Crippen molar-refractivity contribution in [1.82, 2.24) is 9.97 Å². The van der Waals surface area contributed by atoms with Gasteiger partial charge in [0.25, 0.3) is 10.0 Å². The summed E-state index contributed by atoms with van der Waals surface area (Å²) in [4.78, 5) is 8.37. The van der Waals surface area contributed by atoms with Crippen LogP contribution in [0.2, 0.25) is 0 Å². The van der Waals surface area contributed by atoms with Gasteiger partial charge in [0.2, 0.25) is 16.2 Å². The number of nitrogens with one attached hydrogen (secondary N) is 1. The van der Waals surface area contributed by atoms with Gasteiger partial charge in [0.15, 0.2) is 12.0 Å². The molecule has 0 saturated heterocycles. The molecule has 10 rings (SSSR count). The molecule has 0 spiro atoms. The van der Waals surface area contributed by atoms with Gasteiger partial charge in [-0.25, -0.2) is 44.5 Å². The summed E-state index contributed by atoms with van der Waals surface area (Å²) < 4.78 is 98.2. The quantitative estimate of drug-likeness (QED) is 0.101. The second-order valence-corrected chi connectivity index (χ2v) is 24.9. The molecule has 0 unspecified atom stereocenters. The van der Waals surface area contributed by atoms with Crippen LogP contribution in [-0.4, -0.2) is 26.8 Å². The van der Waals surface area contributed by atoms with Gasteiger partial charge in [-0.2, -0.15) is 4.73 Å². The lowest BCUT2D eigenvalue weighted by Gasteiger charge is -2.08. The van der Waals surface area contributed by atoms with E-state index in [0.717, 1.165) is 56.3 Å². The van der Waals surface area contributed by atoms with Crippen molar-refractivity contribution < 1.29 is 39.1 Å². The van der Waals surface area contributed by atoms with E-state index in [2.05, 4.69) is 97.0 Å². The van der Waals surface area contributed by atoms with E-state index in [9.17, 15) is 39.6 Å². The van der Waals surface area contributed by atoms with E-state index in [1.807, 2.05) is 118 Å². The Balaban J connectivity index is 0.000000346. The average molecular weight is 1250 g/mol. The van der Waals surface area contributed by atoms with E-state index in [0.29, 0.717) is 16.1 Å². The predicted molar refractivity (Wildman–Crippen MR) is 357 cm³/mol. The summed E-state index contributed by atoms with van der Waals surface area (Å²) in [6.45, 7) is 31.0. The first-order chi connectivity index (χ1) is 41.6. The molecule has 16 heteroatoms. The molecule has 3 aromatic heterocycles. The average Bonchev–Trinajstić information content (AvgIpc) is 3.42. The Kier molecular flexibility index (Phi) is 32.9. The van der Waals surface area contributed by atoms with Crippen molar-refractivity contribution in [2.75, 3.05) is 4.72 Å². The minimum absolute atomic E-state index is 0.124. The first-order valence-electron chi connectivity index (χ1n) is 28.2. The van der Waals surface area contributed by atoms with E-state index < -0.39 is 25.9 Å². The number of aryl methyl sites for hydroxylation is 16. The number of pyridine rings is 3. The number of nitrogens with two attached hydrogens (primary N) is 1. The summed E-state index contributed by atoms with van der Waals surface area (Å²) in [6.07, 6.45) is 7.47. The van der Waals surface area contributed by atoms with Crippen molar-refractivity contribution in [2.45, 2.75) is 121 Å². The Labute approximate surface area is 527 Å². The number of hydrogen-bond donors (Lipinski definition) is 2. The van der Waals surface area contributed by atoms with Crippen LogP contribution in [-0.2, 0) is 20.0 Å². The fraction of sp³-hybridized carbons (Fsp3) is 0.219. The van der Waals surface area contributed by atoms with Gasteiger partial charge in [-0.3, -0.25) is 9.71 Å². The molecule has 0 aliphatic carbocycles. The van der Waals surface area contributed by atoms with Gasteiger partial charge < -0.3 is 5.21 Å².